The first kappa shape index (κ1) is 21.7. The number of hydrogen-bond acceptors (Lipinski definition) is 6. The van der Waals surface area contributed by atoms with Gasteiger partial charge in [0.1, 0.15) is 11.5 Å². The maximum Gasteiger partial charge on any atom is 0.255 e. The van der Waals surface area contributed by atoms with Gasteiger partial charge in [-0.05, 0) is 36.4 Å². The molecule has 0 aliphatic carbocycles. The van der Waals surface area contributed by atoms with Crippen molar-refractivity contribution in [3.8, 4) is 22.8 Å². The Kier molecular flexibility index (Phi) is 6.58. The number of amides is 1. The van der Waals surface area contributed by atoms with Crippen LogP contribution in [0, 0.1) is 0 Å². The van der Waals surface area contributed by atoms with Crippen molar-refractivity contribution in [2.24, 2.45) is 0 Å². The largest absolute Gasteiger partial charge is 0.497 e. The van der Waals surface area contributed by atoms with E-state index in [-0.39, 0.29) is 5.91 Å². The van der Waals surface area contributed by atoms with Crippen LogP contribution in [0.25, 0.3) is 11.3 Å². The van der Waals surface area contributed by atoms with E-state index in [1.807, 2.05) is 53.9 Å². The van der Waals surface area contributed by atoms with E-state index in [1.54, 1.807) is 32.4 Å². The van der Waals surface area contributed by atoms with Crippen molar-refractivity contribution < 1.29 is 14.3 Å². The molecule has 0 radical (unpaired) electrons. The lowest BCUT2D eigenvalue weighted by Gasteiger charge is -2.09. The van der Waals surface area contributed by atoms with Crippen LogP contribution in [-0.4, -0.2) is 25.1 Å². The summed E-state index contributed by atoms with van der Waals surface area (Å²) in [5.41, 5.74) is 3.70. The molecule has 4 aromatic rings. The van der Waals surface area contributed by atoms with Gasteiger partial charge in [0.05, 0.1) is 30.6 Å². The van der Waals surface area contributed by atoms with E-state index in [2.05, 4.69) is 15.6 Å². The number of hydrogen-bond donors (Lipinski definition) is 2. The number of aromatic nitrogens is 1. The SMILES string of the molecule is COc1cc(OC)cc(C(=O)Nc2ccc(-c3csc(Nc4ccccc4Cl)n3)cc2)c1. The molecule has 0 fully saturated rings. The van der Waals surface area contributed by atoms with Crippen molar-refractivity contribution in [2.45, 2.75) is 0 Å². The first-order chi connectivity index (χ1) is 15.6. The van der Waals surface area contributed by atoms with E-state index in [0.29, 0.717) is 27.8 Å². The molecule has 0 bridgehead atoms. The molecule has 0 aliphatic rings. The van der Waals surface area contributed by atoms with Crippen molar-refractivity contribution in [3.63, 3.8) is 0 Å². The van der Waals surface area contributed by atoms with Crippen molar-refractivity contribution in [2.75, 3.05) is 24.9 Å². The summed E-state index contributed by atoms with van der Waals surface area (Å²) in [5.74, 6) is 0.846. The first-order valence-corrected chi connectivity index (χ1v) is 10.9. The predicted octanol–water partition coefficient (Wildman–Crippen LogP) is 6.48. The van der Waals surface area contributed by atoms with Gasteiger partial charge in [0, 0.05) is 28.3 Å². The summed E-state index contributed by atoms with van der Waals surface area (Å²) in [7, 11) is 3.09. The van der Waals surface area contributed by atoms with Crippen LogP contribution in [0.1, 0.15) is 10.4 Å². The van der Waals surface area contributed by atoms with Gasteiger partial charge in [0.15, 0.2) is 5.13 Å². The Labute approximate surface area is 194 Å². The minimum Gasteiger partial charge on any atom is -0.497 e. The Balaban J connectivity index is 1.45. The number of benzene rings is 3. The Morgan fingerprint density at radius 3 is 2.31 bits per heavy atom. The van der Waals surface area contributed by atoms with Crippen molar-refractivity contribution >= 4 is 45.4 Å². The number of ether oxygens (including phenoxy) is 2. The standard InChI is InChI=1S/C24H20ClN3O3S/c1-30-18-11-16(12-19(13-18)31-2)23(29)26-17-9-7-15(8-10-17)22-14-32-24(28-22)27-21-6-4-3-5-20(21)25/h3-14H,1-2H3,(H,26,29)(H,27,28). The van der Waals surface area contributed by atoms with Crippen LogP contribution in [0.5, 0.6) is 11.5 Å². The summed E-state index contributed by atoms with van der Waals surface area (Å²) in [4.78, 5) is 17.3. The van der Waals surface area contributed by atoms with Gasteiger partial charge in [-0.15, -0.1) is 11.3 Å². The van der Waals surface area contributed by atoms with Crippen molar-refractivity contribution in [1.29, 1.82) is 0 Å². The molecule has 6 nitrogen and oxygen atoms in total. The second-order valence-corrected chi connectivity index (χ2v) is 8.04. The van der Waals surface area contributed by atoms with E-state index >= 15 is 0 Å². The molecule has 8 heteroatoms. The fourth-order valence-electron chi connectivity index (χ4n) is 3.01. The molecule has 3 aromatic carbocycles. The number of para-hydroxylation sites is 1. The maximum absolute atomic E-state index is 12.7. The molecule has 0 unspecified atom stereocenters. The molecule has 1 amide bonds. The zero-order chi connectivity index (χ0) is 22.5. The number of carbonyl (C=O) groups is 1. The minimum atomic E-state index is -0.255. The third-order valence-electron chi connectivity index (χ3n) is 4.67. The summed E-state index contributed by atoms with van der Waals surface area (Å²) >= 11 is 7.69. The van der Waals surface area contributed by atoms with E-state index in [0.717, 1.165) is 22.1 Å². The lowest BCUT2D eigenvalue weighted by atomic mass is 10.1. The molecule has 4 rings (SSSR count). The molecule has 0 spiro atoms. The van der Waals surface area contributed by atoms with Crippen LogP contribution in [0.15, 0.2) is 72.1 Å². The summed E-state index contributed by atoms with van der Waals surface area (Å²) in [5, 5.41) is 9.48. The van der Waals surface area contributed by atoms with Crippen LogP contribution in [0.2, 0.25) is 5.02 Å². The summed E-state index contributed by atoms with van der Waals surface area (Å²) in [6, 6.07) is 20.1. The Hall–Kier alpha value is -3.55. The number of halogens is 1. The summed E-state index contributed by atoms with van der Waals surface area (Å²) in [6.07, 6.45) is 0. The monoisotopic (exact) mass is 465 g/mol. The quantitative estimate of drug-likeness (QED) is 0.327. The molecule has 0 saturated carbocycles. The fraction of sp³-hybridized carbons (Fsp3) is 0.0833. The maximum atomic E-state index is 12.7. The minimum absolute atomic E-state index is 0.255. The van der Waals surface area contributed by atoms with Crippen LogP contribution >= 0.6 is 22.9 Å². The smallest absolute Gasteiger partial charge is 0.255 e. The zero-order valence-electron chi connectivity index (χ0n) is 17.4. The van der Waals surface area contributed by atoms with Crippen LogP contribution in [-0.2, 0) is 0 Å². The zero-order valence-corrected chi connectivity index (χ0v) is 19.0. The van der Waals surface area contributed by atoms with Crippen LogP contribution in [0.4, 0.5) is 16.5 Å². The Bertz CT molecular complexity index is 1220. The van der Waals surface area contributed by atoms with Crippen LogP contribution < -0.4 is 20.1 Å². The highest BCUT2D eigenvalue weighted by Gasteiger charge is 2.11. The number of rotatable bonds is 7. The molecular weight excluding hydrogens is 446 g/mol. The van der Waals surface area contributed by atoms with Gasteiger partial charge in [-0.3, -0.25) is 4.79 Å². The number of nitrogens with zero attached hydrogens (tertiary/aromatic N) is 1. The van der Waals surface area contributed by atoms with Gasteiger partial charge < -0.3 is 20.1 Å². The normalized spacial score (nSPS) is 10.5. The average Bonchev–Trinajstić information content (AvgIpc) is 3.29. The molecule has 162 valence electrons. The third kappa shape index (κ3) is 5.01. The molecule has 32 heavy (non-hydrogen) atoms. The van der Waals surface area contributed by atoms with Gasteiger partial charge >= 0.3 is 0 Å². The number of thiazole rings is 1. The molecule has 1 heterocycles. The topological polar surface area (TPSA) is 72.5 Å². The third-order valence-corrected chi connectivity index (χ3v) is 5.76. The first-order valence-electron chi connectivity index (χ1n) is 9.67. The average molecular weight is 466 g/mol. The second-order valence-electron chi connectivity index (χ2n) is 6.78. The number of anilines is 3. The molecule has 2 N–H and O–H groups in total. The highest BCUT2D eigenvalue weighted by molar-refractivity contribution is 7.14. The summed E-state index contributed by atoms with van der Waals surface area (Å²) < 4.78 is 10.5. The van der Waals surface area contributed by atoms with Gasteiger partial charge in [-0.2, -0.15) is 0 Å². The van der Waals surface area contributed by atoms with Gasteiger partial charge in [0.2, 0.25) is 0 Å². The lowest BCUT2D eigenvalue weighted by molar-refractivity contribution is 0.102. The lowest BCUT2D eigenvalue weighted by Crippen LogP contribution is -2.12. The van der Waals surface area contributed by atoms with Gasteiger partial charge in [-0.1, -0.05) is 35.9 Å². The van der Waals surface area contributed by atoms with Crippen LogP contribution in [0.3, 0.4) is 0 Å². The Morgan fingerprint density at radius 1 is 0.969 bits per heavy atom. The van der Waals surface area contributed by atoms with E-state index in [9.17, 15) is 4.79 Å². The molecule has 0 atom stereocenters. The fourth-order valence-corrected chi connectivity index (χ4v) is 3.92. The summed E-state index contributed by atoms with van der Waals surface area (Å²) in [6.45, 7) is 0. The highest BCUT2D eigenvalue weighted by atomic mass is 35.5. The molecule has 1 aromatic heterocycles. The number of nitrogens with one attached hydrogen (secondary N) is 2. The molecular formula is C24H20ClN3O3S. The van der Waals surface area contributed by atoms with Gasteiger partial charge in [-0.25, -0.2) is 4.98 Å². The van der Waals surface area contributed by atoms with E-state index in [1.165, 1.54) is 11.3 Å². The van der Waals surface area contributed by atoms with Gasteiger partial charge in [0.25, 0.3) is 5.91 Å². The predicted molar refractivity (Wildman–Crippen MR) is 130 cm³/mol. The van der Waals surface area contributed by atoms with E-state index < -0.39 is 0 Å². The second kappa shape index (κ2) is 9.72. The highest BCUT2D eigenvalue weighted by Crippen LogP contribution is 2.30. The molecule has 0 saturated heterocycles. The van der Waals surface area contributed by atoms with E-state index in [4.69, 9.17) is 21.1 Å². The molecule has 0 aliphatic heterocycles. The number of methoxy groups -OCH3 is 2. The van der Waals surface area contributed by atoms with Crippen molar-refractivity contribution in [3.05, 3.63) is 82.7 Å². The number of carbonyl (C=O) groups excluding carboxylic acids is 1. The van der Waals surface area contributed by atoms with Crippen molar-refractivity contribution in [1.82, 2.24) is 4.98 Å². The Morgan fingerprint density at radius 2 is 1.66 bits per heavy atom.